The molecule has 7 heteroatoms. The maximum Gasteiger partial charge on any atom is 0.332 e. The molecule has 0 unspecified atom stereocenters. The number of carbonyl (C=O) groups is 2. The highest BCUT2D eigenvalue weighted by Crippen LogP contribution is 2.32. The van der Waals surface area contributed by atoms with E-state index in [1.54, 1.807) is 24.3 Å². The fourth-order valence-corrected chi connectivity index (χ4v) is 2.60. The Bertz CT molecular complexity index is 557. The van der Waals surface area contributed by atoms with Crippen LogP contribution in [-0.4, -0.2) is 35.5 Å². The van der Waals surface area contributed by atoms with Crippen LogP contribution in [0.15, 0.2) is 35.4 Å². The van der Waals surface area contributed by atoms with Crippen molar-refractivity contribution in [2.45, 2.75) is 18.5 Å². The molecule has 0 bridgehead atoms. The van der Waals surface area contributed by atoms with Crippen LogP contribution < -0.4 is 4.90 Å². The van der Waals surface area contributed by atoms with Crippen LogP contribution in [0.4, 0.5) is 10.5 Å². The van der Waals surface area contributed by atoms with E-state index in [4.69, 9.17) is 5.53 Å². The molecule has 0 spiro atoms. The zero-order valence-corrected chi connectivity index (χ0v) is 10.0. The number of rotatable bonds is 2. The van der Waals surface area contributed by atoms with Crippen molar-refractivity contribution >= 4 is 17.6 Å². The van der Waals surface area contributed by atoms with E-state index in [-0.39, 0.29) is 18.0 Å². The Balaban J connectivity index is 1.89. The lowest BCUT2D eigenvalue weighted by Gasteiger charge is -2.16. The van der Waals surface area contributed by atoms with Crippen LogP contribution in [0.1, 0.15) is 6.42 Å². The Morgan fingerprint density at radius 1 is 1.26 bits per heavy atom. The largest absolute Gasteiger partial charge is 0.332 e. The van der Waals surface area contributed by atoms with Gasteiger partial charge in [-0.1, -0.05) is 23.3 Å². The molecule has 19 heavy (non-hydrogen) atoms. The third-order valence-electron chi connectivity index (χ3n) is 3.45. The first kappa shape index (κ1) is 11.6. The summed E-state index contributed by atoms with van der Waals surface area (Å²) in [6.45, 7) is 0.308. The molecule has 3 amide bonds. The molecule has 2 aliphatic heterocycles. The molecule has 7 nitrogen and oxygen atoms in total. The van der Waals surface area contributed by atoms with Crippen LogP contribution in [0.25, 0.3) is 10.4 Å². The molecule has 3 rings (SSSR count). The molecule has 2 saturated heterocycles. The zero-order valence-electron chi connectivity index (χ0n) is 10.0. The second kappa shape index (κ2) is 4.29. The summed E-state index contributed by atoms with van der Waals surface area (Å²) in [7, 11) is 0. The fourth-order valence-electron chi connectivity index (χ4n) is 2.60. The first-order chi connectivity index (χ1) is 9.22. The molecular formula is C12H11N5O2. The van der Waals surface area contributed by atoms with Gasteiger partial charge in [0.05, 0.1) is 11.7 Å². The van der Waals surface area contributed by atoms with Crippen molar-refractivity contribution < 1.29 is 9.59 Å². The molecule has 96 valence electrons. The van der Waals surface area contributed by atoms with Crippen LogP contribution in [0, 0.1) is 0 Å². The molecule has 1 aromatic rings. The maximum atomic E-state index is 12.3. The third-order valence-corrected chi connectivity index (χ3v) is 3.45. The van der Waals surface area contributed by atoms with Crippen LogP contribution in [0.5, 0.6) is 0 Å². The predicted octanol–water partition coefficient (Wildman–Crippen LogP) is 1.91. The van der Waals surface area contributed by atoms with E-state index < -0.39 is 6.04 Å². The van der Waals surface area contributed by atoms with Crippen molar-refractivity contribution in [2.24, 2.45) is 5.11 Å². The van der Waals surface area contributed by atoms with Crippen LogP contribution in [0.3, 0.4) is 0 Å². The van der Waals surface area contributed by atoms with Crippen molar-refractivity contribution in [2.75, 3.05) is 11.4 Å². The fraction of sp³-hybridized carbons (Fsp3) is 0.333. The monoisotopic (exact) mass is 257 g/mol. The Kier molecular flexibility index (Phi) is 2.61. The Morgan fingerprint density at radius 3 is 2.63 bits per heavy atom. The number of urea groups is 1. The molecule has 2 fully saturated rings. The lowest BCUT2D eigenvalue weighted by atomic mass is 10.1. The number of benzene rings is 1. The van der Waals surface area contributed by atoms with E-state index in [1.165, 1.54) is 9.80 Å². The number of nitrogens with zero attached hydrogens (tertiary/aromatic N) is 5. The minimum atomic E-state index is -0.497. The molecular weight excluding hydrogens is 246 g/mol. The standard InChI is InChI=1S/C12H11N5O2/c13-15-14-8-6-10-11(18)17(12(19)16(10)7-8)9-4-2-1-3-5-9/h1-5,8,10H,6-7H2/t8-,10-/m0/s1. The molecule has 1 aromatic carbocycles. The average molecular weight is 257 g/mol. The van der Waals surface area contributed by atoms with Crippen molar-refractivity contribution in [3.63, 3.8) is 0 Å². The normalized spacial score (nSPS) is 25.5. The number of imide groups is 1. The van der Waals surface area contributed by atoms with E-state index in [2.05, 4.69) is 10.0 Å². The van der Waals surface area contributed by atoms with Gasteiger partial charge < -0.3 is 4.90 Å². The lowest BCUT2D eigenvalue weighted by Crippen LogP contribution is -2.34. The molecule has 0 N–H and O–H groups in total. The smallest absolute Gasteiger partial charge is 0.311 e. The number of hydrogen-bond acceptors (Lipinski definition) is 3. The van der Waals surface area contributed by atoms with Gasteiger partial charge in [0.1, 0.15) is 6.04 Å². The van der Waals surface area contributed by atoms with E-state index in [0.29, 0.717) is 18.7 Å². The Hall–Kier alpha value is -2.53. The Morgan fingerprint density at radius 2 is 2.00 bits per heavy atom. The summed E-state index contributed by atoms with van der Waals surface area (Å²) in [5.74, 6) is -0.244. The first-order valence-electron chi connectivity index (χ1n) is 5.96. The van der Waals surface area contributed by atoms with E-state index in [1.807, 2.05) is 6.07 Å². The quantitative estimate of drug-likeness (QED) is 0.350. The topological polar surface area (TPSA) is 89.4 Å². The van der Waals surface area contributed by atoms with Crippen molar-refractivity contribution in [3.8, 4) is 0 Å². The SMILES string of the molecule is [N-]=[N+]=N[C@H]1C[C@H]2C(=O)N(c3ccccc3)C(=O)N2C1. The number of amides is 3. The molecule has 0 aromatic heterocycles. The van der Waals surface area contributed by atoms with Gasteiger partial charge in [-0.15, -0.1) is 0 Å². The molecule has 0 saturated carbocycles. The second-order valence-electron chi connectivity index (χ2n) is 4.55. The molecule has 2 aliphatic rings. The Labute approximate surface area is 109 Å². The van der Waals surface area contributed by atoms with Gasteiger partial charge in [0, 0.05) is 11.5 Å². The summed E-state index contributed by atoms with van der Waals surface area (Å²) in [6.07, 6.45) is 0.401. The first-order valence-corrected chi connectivity index (χ1v) is 5.96. The van der Waals surface area contributed by atoms with Gasteiger partial charge in [0.2, 0.25) is 0 Å². The summed E-state index contributed by atoms with van der Waals surface area (Å²) in [5.41, 5.74) is 8.99. The van der Waals surface area contributed by atoms with Gasteiger partial charge in [-0.3, -0.25) is 4.79 Å². The summed E-state index contributed by atoms with van der Waals surface area (Å²) in [4.78, 5) is 29.9. The molecule has 0 radical (unpaired) electrons. The van der Waals surface area contributed by atoms with Gasteiger partial charge in [0.25, 0.3) is 5.91 Å². The number of para-hydroxylation sites is 1. The van der Waals surface area contributed by atoms with Gasteiger partial charge >= 0.3 is 6.03 Å². The number of fused-ring (bicyclic) bond motifs is 1. The highest BCUT2D eigenvalue weighted by molar-refractivity contribution is 6.21. The molecule has 2 heterocycles. The highest BCUT2D eigenvalue weighted by Gasteiger charge is 2.50. The minimum absolute atomic E-state index is 0.244. The van der Waals surface area contributed by atoms with E-state index in [9.17, 15) is 9.59 Å². The van der Waals surface area contributed by atoms with Gasteiger partial charge in [-0.2, -0.15) is 0 Å². The van der Waals surface area contributed by atoms with Gasteiger partial charge in [-0.05, 0) is 24.1 Å². The maximum absolute atomic E-state index is 12.3. The van der Waals surface area contributed by atoms with E-state index in [0.717, 1.165) is 0 Å². The predicted molar refractivity (Wildman–Crippen MR) is 67.4 cm³/mol. The summed E-state index contributed by atoms with van der Waals surface area (Å²) < 4.78 is 0. The third kappa shape index (κ3) is 1.71. The van der Waals surface area contributed by atoms with Crippen LogP contribution in [-0.2, 0) is 4.79 Å². The summed E-state index contributed by atoms with van der Waals surface area (Å²) >= 11 is 0. The number of hydrogen-bond donors (Lipinski definition) is 0. The zero-order chi connectivity index (χ0) is 13.4. The van der Waals surface area contributed by atoms with Crippen molar-refractivity contribution in [3.05, 3.63) is 40.8 Å². The van der Waals surface area contributed by atoms with E-state index >= 15 is 0 Å². The summed E-state index contributed by atoms with van der Waals surface area (Å²) in [5, 5.41) is 3.59. The number of azide groups is 1. The molecule has 2 atom stereocenters. The van der Waals surface area contributed by atoms with Crippen molar-refractivity contribution in [1.82, 2.24) is 4.90 Å². The van der Waals surface area contributed by atoms with Crippen LogP contribution >= 0.6 is 0 Å². The van der Waals surface area contributed by atoms with Crippen molar-refractivity contribution in [1.29, 1.82) is 0 Å². The van der Waals surface area contributed by atoms with Gasteiger partial charge in [-0.25, -0.2) is 9.69 Å². The highest BCUT2D eigenvalue weighted by atomic mass is 16.2. The minimum Gasteiger partial charge on any atom is -0.311 e. The van der Waals surface area contributed by atoms with Crippen LogP contribution in [0.2, 0.25) is 0 Å². The molecule has 0 aliphatic carbocycles. The second-order valence-corrected chi connectivity index (χ2v) is 4.55. The average Bonchev–Trinajstić information content (AvgIpc) is 2.92. The summed E-state index contributed by atoms with van der Waals surface area (Å²) in [6, 6.07) is 7.70. The number of carbonyl (C=O) groups excluding carboxylic acids is 2. The lowest BCUT2D eigenvalue weighted by molar-refractivity contribution is -0.119. The van der Waals surface area contributed by atoms with Gasteiger partial charge in [0.15, 0.2) is 0 Å². The number of anilines is 1.